The van der Waals surface area contributed by atoms with Crippen molar-refractivity contribution in [1.82, 2.24) is 10.3 Å². The van der Waals surface area contributed by atoms with Crippen LogP contribution < -0.4 is 10.1 Å². The summed E-state index contributed by atoms with van der Waals surface area (Å²) in [6.07, 6.45) is 0.0249. The number of nitrogens with one attached hydrogen (secondary N) is 1. The third-order valence-corrected chi connectivity index (χ3v) is 2.87. The SMILES string of the molecule is CCC(C)NC(=O)C(C)Oc1ccc(C)nc1C(=O)O. The van der Waals surface area contributed by atoms with Gasteiger partial charge in [0.05, 0.1) is 0 Å². The van der Waals surface area contributed by atoms with Gasteiger partial charge < -0.3 is 15.2 Å². The third-order valence-electron chi connectivity index (χ3n) is 2.87. The van der Waals surface area contributed by atoms with Crippen LogP contribution in [-0.2, 0) is 4.79 Å². The molecule has 0 bridgehead atoms. The van der Waals surface area contributed by atoms with Crippen LogP contribution in [0.25, 0.3) is 0 Å². The summed E-state index contributed by atoms with van der Waals surface area (Å²) in [5.74, 6) is -1.37. The van der Waals surface area contributed by atoms with Crippen LogP contribution in [0.3, 0.4) is 0 Å². The Balaban J connectivity index is 2.82. The second kappa shape index (κ2) is 6.88. The molecule has 2 N–H and O–H groups in total. The van der Waals surface area contributed by atoms with E-state index in [-0.39, 0.29) is 23.4 Å². The highest BCUT2D eigenvalue weighted by Crippen LogP contribution is 2.18. The molecule has 1 aromatic heterocycles. The standard InChI is InChI=1S/C14H20N2O4/c1-5-8(2)16-13(17)10(4)20-11-7-6-9(3)15-12(11)14(18)19/h6-8,10H,5H2,1-4H3,(H,16,17)(H,18,19). The lowest BCUT2D eigenvalue weighted by molar-refractivity contribution is -0.127. The quantitative estimate of drug-likeness (QED) is 0.829. The Morgan fingerprint density at radius 2 is 2.05 bits per heavy atom. The molecule has 2 atom stereocenters. The van der Waals surface area contributed by atoms with Gasteiger partial charge in [-0.1, -0.05) is 6.92 Å². The van der Waals surface area contributed by atoms with Gasteiger partial charge in [0.15, 0.2) is 17.5 Å². The maximum atomic E-state index is 11.9. The first-order valence-electron chi connectivity index (χ1n) is 6.53. The fraction of sp³-hybridized carbons (Fsp3) is 0.500. The van der Waals surface area contributed by atoms with Crippen LogP contribution in [0, 0.1) is 6.92 Å². The molecule has 20 heavy (non-hydrogen) atoms. The maximum Gasteiger partial charge on any atom is 0.358 e. The summed E-state index contributed by atoms with van der Waals surface area (Å²) in [7, 11) is 0. The van der Waals surface area contributed by atoms with Crippen LogP contribution in [0.2, 0.25) is 0 Å². The fourth-order valence-corrected chi connectivity index (χ4v) is 1.50. The molecule has 1 rings (SSSR count). The number of aromatic nitrogens is 1. The van der Waals surface area contributed by atoms with Gasteiger partial charge in [-0.25, -0.2) is 9.78 Å². The van der Waals surface area contributed by atoms with Crippen LogP contribution in [0.1, 0.15) is 43.4 Å². The number of carboxylic acid groups (broad SMARTS) is 1. The topological polar surface area (TPSA) is 88.5 Å². The van der Waals surface area contributed by atoms with E-state index in [0.29, 0.717) is 5.69 Å². The minimum absolute atomic E-state index is 0.0450. The first kappa shape index (κ1) is 15.9. The molecule has 0 spiro atoms. The normalized spacial score (nSPS) is 13.4. The van der Waals surface area contributed by atoms with Crippen molar-refractivity contribution in [2.75, 3.05) is 0 Å². The molecular weight excluding hydrogens is 260 g/mol. The summed E-state index contributed by atoms with van der Waals surface area (Å²) < 4.78 is 5.41. The average Bonchev–Trinajstić information content (AvgIpc) is 2.40. The van der Waals surface area contributed by atoms with Gasteiger partial charge in [-0.05, 0) is 39.3 Å². The van der Waals surface area contributed by atoms with Crippen LogP contribution in [0.4, 0.5) is 0 Å². The zero-order chi connectivity index (χ0) is 15.3. The maximum absolute atomic E-state index is 11.9. The molecule has 0 saturated heterocycles. The van der Waals surface area contributed by atoms with Gasteiger partial charge in [0.25, 0.3) is 5.91 Å². The molecule has 0 radical (unpaired) electrons. The number of nitrogens with zero attached hydrogens (tertiary/aromatic N) is 1. The zero-order valence-electron chi connectivity index (χ0n) is 12.1. The molecule has 0 saturated carbocycles. The van der Waals surface area contributed by atoms with Gasteiger partial charge in [-0.3, -0.25) is 4.79 Å². The minimum Gasteiger partial charge on any atom is -0.478 e. The molecule has 0 fully saturated rings. The molecule has 0 aliphatic heterocycles. The highest BCUT2D eigenvalue weighted by Gasteiger charge is 2.20. The number of carboxylic acids is 1. The predicted octanol–water partition coefficient (Wildman–Crippen LogP) is 1.77. The van der Waals surface area contributed by atoms with Gasteiger partial charge in [0, 0.05) is 11.7 Å². The third kappa shape index (κ3) is 4.22. The molecule has 0 aromatic carbocycles. The molecule has 6 nitrogen and oxygen atoms in total. The molecule has 110 valence electrons. The Morgan fingerprint density at radius 1 is 1.40 bits per heavy atom. The smallest absolute Gasteiger partial charge is 0.358 e. The summed E-state index contributed by atoms with van der Waals surface area (Å²) in [4.78, 5) is 26.9. The summed E-state index contributed by atoms with van der Waals surface area (Å²) in [5.41, 5.74) is 0.389. The molecule has 1 heterocycles. The van der Waals surface area contributed by atoms with Crippen molar-refractivity contribution in [3.05, 3.63) is 23.5 Å². The summed E-state index contributed by atoms with van der Waals surface area (Å²) in [6.45, 7) is 7.11. The number of ether oxygens (including phenoxy) is 1. The Hall–Kier alpha value is -2.11. The highest BCUT2D eigenvalue weighted by molar-refractivity contribution is 5.89. The largest absolute Gasteiger partial charge is 0.478 e. The summed E-state index contributed by atoms with van der Waals surface area (Å²) in [6, 6.07) is 3.20. The van der Waals surface area contributed by atoms with Crippen molar-refractivity contribution >= 4 is 11.9 Å². The summed E-state index contributed by atoms with van der Waals surface area (Å²) >= 11 is 0. The lowest BCUT2D eigenvalue weighted by Crippen LogP contribution is -2.41. The monoisotopic (exact) mass is 280 g/mol. The molecular formula is C14H20N2O4. The Kier molecular flexibility index (Phi) is 5.49. The van der Waals surface area contributed by atoms with Crippen molar-refractivity contribution in [3.8, 4) is 5.75 Å². The van der Waals surface area contributed by atoms with Crippen molar-refractivity contribution in [2.24, 2.45) is 0 Å². The van der Waals surface area contributed by atoms with E-state index in [1.807, 2.05) is 13.8 Å². The number of hydrogen-bond donors (Lipinski definition) is 2. The number of amides is 1. The minimum atomic E-state index is -1.18. The van der Waals surface area contributed by atoms with E-state index in [1.54, 1.807) is 19.9 Å². The number of carbonyl (C=O) groups is 2. The first-order valence-corrected chi connectivity index (χ1v) is 6.53. The number of aromatic carboxylic acids is 1. The van der Waals surface area contributed by atoms with E-state index in [1.165, 1.54) is 6.07 Å². The van der Waals surface area contributed by atoms with Crippen LogP contribution in [-0.4, -0.2) is 34.1 Å². The van der Waals surface area contributed by atoms with E-state index in [2.05, 4.69) is 10.3 Å². The van der Waals surface area contributed by atoms with Crippen molar-refractivity contribution < 1.29 is 19.4 Å². The second-order valence-electron chi connectivity index (χ2n) is 4.68. The Morgan fingerprint density at radius 3 is 2.60 bits per heavy atom. The van der Waals surface area contributed by atoms with Gasteiger partial charge in [-0.15, -0.1) is 0 Å². The zero-order valence-corrected chi connectivity index (χ0v) is 12.1. The van der Waals surface area contributed by atoms with Crippen LogP contribution >= 0.6 is 0 Å². The number of pyridine rings is 1. The fourth-order valence-electron chi connectivity index (χ4n) is 1.50. The van der Waals surface area contributed by atoms with Gasteiger partial charge in [0.2, 0.25) is 0 Å². The van der Waals surface area contributed by atoms with Crippen LogP contribution in [0.5, 0.6) is 5.75 Å². The predicted molar refractivity (Wildman–Crippen MR) is 73.9 cm³/mol. The number of aryl methyl sites for hydroxylation is 1. The van der Waals surface area contributed by atoms with Crippen LogP contribution in [0.15, 0.2) is 12.1 Å². The molecule has 6 heteroatoms. The number of hydrogen-bond acceptors (Lipinski definition) is 4. The van der Waals surface area contributed by atoms with E-state index >= 15 is 0 Å². The molecule has 0 aliphatic carbocycles. The molecule has 1 aromatic rings. The molecule has 2 unspecified atom stereocenters. The lowest BCUT2D eigenvalue weighted by Gasteiger charge is -2.18. The number of carbonyl (C=O) groups excluding carboxylic acids is 1. The Labute approximate surface area is 118 Å². The first-order chi connectivity index (χ1) is 9.35. The molecule has 0 aliphatic rings. The van der Waals surface area contributed by atoms with Gasteiger partial charge in [0.1, 0.15) is 0 Å². The van der Waals surface area contributed by atoms with E-state index < -0.39 is 12.1 Å². The van der Waals surface area contributed by atoms with Crippen molar-refractivity contribution in [1.29, 1.82) is 0 Å². The van der Waals surface area contributed by atoms with E-state index in [4.69, 9.17) is 9.84 Å². The lowest BCUT2D eigenvalue weighted by atomic mass is 10.2. The number of rotatable bonds is 6. The highest BCUT2D eigenvalue weighted by atomic mass is 16.5. The summed E-state index contributed by atoms with van der Waals surface area (Å²) in [5, 5.41) is 11.9. The molecule has 1 amide bonds. The van der Waals surface area contributed by atoms with E-state index in [9.17, 15) is 9.59 Å². The average molecular weight is 280 g/mol. The Bertz CT molecular complexity index is 502. The second-order valence-corrected chi connectivity index (χ2v) is 4.68. The van der Waals surface area contributed by atoms with Gasteiger partial charge >= 0.3 is 5.97 Å². The van der Waals surface area contributed by atoms with Crippen molar-refractivity contribution in [3.63, 3.8) is 0 Å². The van der Waals surface area contributed by atoms with Crippen molar-refractivity contribution in [2.45, 2.75) is 46.3 Å². The van der Waals surface area contributed by atoms with Gasteiger partial charge in [-0.2, -0.15) is 0 Å². The van der Waals surface area contributed by atoms with E-state index in [0.717, 1.165) is 6.42 Å².